The zero-order valence-corrected chi connectivity index (χ0v) is 13.2. The molecule has 1 fully saturated rings. The van der Waals surface area contributed by atoms with Crippen molar-refractivity contribution >= 4 is 17.5 Å². The maximum atomic E-state index is 9.35. The molecule has 6 heteroatoms. The largest absolute Gasteiger partial charge is 0.419 e. The lowest BCUT2D eigenvalue weighted by atomic mass is 10.2. The minimum absolute atomic E-state index is 0.342. The summed E-state index contributed by atoms with van der Waals surface area (Å²) in [6, 6.07) is 9.40. The summed E-state index contributed by atoms with van der Waals surface area (Å²) >= 11 is 5.90. The van der Waals surface area contributed by atoms with E-state index in [2.05, 4.69) is 27.9 Å². The van der Waals surface area contributed by atoms with E-state index in [1.165, 1.54) is 0 Å². The van der Waals surface area contributed by atoms with Crippen LogP contribution in [-0.4, -0.2) is 43.1 Å². The van der Waals surface area contributed by atoms with Gasteiger partial charge in [0, 0.05) is 30.2 Å². The zero-order chi connectivity index (χ0) is 15.5. The molecule has 0 radical (unpaired) electrons. The predicted molar refractivity (Wildman–Crippen MR) is 86.0 cm³/mol. The quantitative estimate of drug-likeness (QED) is 0.852. The molecule has 22 heavy (non-hydrogen) atoms. The molecule has 0 unspecified atom stereocenters. The molecule has 114 valence electrons. The minimum Gasteiger partial charge on any atom is -0.419 e. The highest BCUT2D eigenvalue weighted by atomic mass is 35.5. The maximum absolute atomic E-state index is 9.35. The van der Waals surface area contributed by atoms with Gasteiger partial charge in [0.05, 0.1) is 0 Å². The number of rotatable bonds is 2. The van der Waals surface area contributed by atoms with Gasteiger partial charge in [-0.05, 0) is 44.3 Å². The van der Waals surface area contributed by atoms with E-state index in [1.807, 2.05) is 12.1 Å². The topological polar surface area (TPSA) is 56.3 Å². The summed E-state index contributed by atoms with van der Waals surface area (Å²) in [7, 11) is 2.11. The average molecular weight is 317 g/mol. The minimum atomic E-state index is 0.342. The van der Waals surface area contributed by atoms with Crippen LogP contribution in [0.25, 0.3) is 11.5 Å². The van der Waals surface area contributed by atoms with Gasteiger partial charge >= 0.3 is 0 Å². The summed E-state index contributed by atoms with van der Waals surface area (Å²) in [4.78, 5) is 8.71. The number of halogens is 1. The molecule has 0 N–H and O–H groups in total. The third-order valence-corrected chi connectivity index (χ3v) is 4.07. The third-order valence-electron chi connectivity index (χ3n) is 3.81. The van der Waals surface area contributed by atoms with E-state index < -0.39 is 0 Å². The molecule has 0 amide bonds. The van der Waals surface area contributed by atoms with E-state index in [1.54, 1.807) is 12.1 Å². The number of benzene rings is 1. The van der Waals surface area contributed by atoms with Crippen LogP contribution in [-0.2, 0) is 0 Å². The highest BCUT2D eigenvalue weighted by Crippen LogP contribution is 2.29. The van der Waals surface area contributed by atoms with Crippen molar-refractivity contribution in [2.24, 2.45) is 0 Å². The molecule has 3 rings (SSSR count). The van der Waals surface area contributed by atoms with Gasteiger partial charge in [-0.15, -0.1) is 0 Å². The van der Waals surface area contributed by atoms with Crippen molar-refractivity contribution in [3.05, 3.63) is 35.0 Å². The van der Waals surface area contributed by atoms with Crippen LogP contribution >= 0.6 is 11.6 Å². The van der Waals surface area contributed by atoms with Crippen LogP contribution in [0.15, 0.2) is 28.7 Å². The summed E-state index contributed by atoms with van der Waals surface area (Å²) in [5, 5.41) is 10.0. The summed E-state index contributed by atoms with van der Waals surface area (Å²) in [6.45, 7) is 3.70. The van der Waals surface area contributed by atoms with Crippen LogP contribution in [0.5, 0.6) is 0 Å². The molecule has 0 atom stereocenters. The number of nitrogens with zero attached hydrogens (tertiary/aromatic N) is 4. The number of hydrogen-bond acceptors (Lipinski definition) is 5. The van der Waals surface area contributed by atoms with Crippen molar-refractivity contribution in [2.75, 3.05) is 38.1 Å². The lowest BCUT2D eigenvalue weighted by Gasteiger charge is -2.19. The number of anilines is 1. The molecular weight excluding hydrogens is 300 g/mol. The van der Waals surface area contributed by atoms with Crippen molar-refractivity contribution in [3.63, 3.8) is 0 Å². The Morgan fingerprint density at radius 3 is 2.68 bits per heavy atom. The second-order valence-corrected chi connectivity index (χ2v) is 5.87. The summed E-state index contributed by atoms with van der Waals surface area (Å²) in [6.07, 6.45) is 1.04. The van der Waals surface area contributed by atoms with Gasteiger partial charge in [-0.25, -0.2) is 0 Å². The molecule has 0 bridgehead atoms. The second kappa shape index (κ2) is 6.39. The van der Waals surface area contributed by atoms with Crippen molar-refractivity contribution in [1.82, 2.24) is 9.88 Å². The van der Waals surface area contributed by atoms with Crippen LogP contribution in [0.3, 0.4) is 0 Å². The SMILES string of the molecule is CN1CCCN(c2oc(-c3ccc(Cl)cc3)nc2C#N)CC1. The van der Waals surface area contributed by atoms with E-state index in [0.29, 0.717) is 22.5 Å². The van der Waals surface area contributed by atoms with Gasteiger partial charge in [0.1, 0.15) is 6.07 Å². The molecule has 1 saturated heterocycles. The Labute approximate surface area is 134 Å². The Morgan fingerprint density at radius 1 is 1.18 bits per heavy atom. The van der Waals surface area contributed by atoms with E-state index >= 15 is 0 Å². The number of aromatic nitrogens is 1. The van der Waals surface area contributed by atoms with Gasteiger partial charge in [-0.2, -0.15) is 10.2 Å². The third kappa shape index (κ3) is 3.08. The Bertz CT molecular complexity index is 689. The fourth-order valence-electron chi connectivity index (χ4n) is 2.56. The predicted octanol–water partition coefficient (Wildman–Crippen LogP) is 3.01. The maximum Gasteiger partial charge on any atom is 0.235 e. The fourth-order valence-corrected chi connectivity index (χ4v) is 2.69. The van der Waals surface area contributed by atoms with Crippen molar-refractivity contribution in [1.29, 1.82) is 5.26 Å². The Balaban J connectivity index is 1.91. The van der Waals surface area contributed by atoms with Crippen molar-refractivity contribution in [2.45, 2.75) is 6.42 Å². The molecule has 5 nitrogen and oxygen atoms in total. The van der Waals surface area contributed by atoms with E-state index in [4.69, 9.17) is 16.0 Å². The number of hydrogen-bond donors (Lipinski definition) is 0. The summed E-state index contributed by atoms with van der Waals surface area (Å²) < 4.78 is 5.89. The van der Waals surface area contributed by atoms with Gasteiger partial charge in [-0.1, -0.05) is 11.6 Å². The van der Waals surface area contributed by atoms with E-state index in [0.717, 1.165) is 38.2 Å². The lowest BCUT2D eigenvalue weighted by Crippen LogP contribution is -2.28. The van der Waals surface area contributed by atoms with Crippen molar-refractivity contribution < 1.29 is 4.42 Å². The van der Waals surface area contributed by atoms with E-state index in [-0.39, 0.29) is 0 Å². The highest BCUT2D eigenvalue weighted by molar-refractivity contribution is 6.30. The molecule has 2 heterocycles. The molecule has 1 aromatic carbocycles. The van der Waals surface area contributed by atoms with Gasteiger partial charge in [0.25, 0.3) is 0 Å². The molecule has 1 aliphatic heterocycles. The zero-order valence-electron chi connectivity index (χ0n) is 12.4. The summed E-state index contributed by atoms with van der Waals surface area (Å²) in [5.74, 6) is 1.03. The Hall–Kier alpha value is -2.03. The first kappa shape index (κ1) is 14.9. The molecule has 0 aliphatic carbocycles. The molecule has 0 spiro atoms. The van der Waals surface area contributed by atoms with Crippen LogP contribution in [0.1, 0.15) is 12.1 Å². The first-order chi connectivity index (χ1) is 10.7. The lowest BCUT2D eigenvalue weighted by molar-refractivity contribution is 0.359. The normalized spacial score (nSPS) is 16.3. The first-order valence-electron chi connectivity index (χ1n) is 7.28. The standard InChI is InChI=1S/C16H17ClN4O/c1-20-7-2-8-21(10-9-20)16-14(11-18)19-15(22-16)12-3-5-13(17)6-4-12/h3-6H,2,7-10H2,1H3. The monoisotopic (exact) mass is 316 g/mol. The Morgan fingerprint density at radius 2 is 1.95 bits per heavy atom. The van der Waals surface area contributed by atoms with Gasteiger partial charge in [-0.3, -0.25) is 0 Å². The highest BCUT2D eigenvalue weighted by Gasteiger charge is 2.22. The van der Waals surface area contributed by atoms with Gasteiger partial charge in [0.15, 0.2) is 0 Å². The van der Waals surface area contributed by atoms with Crippen LogP contribution in [0, 0.1) is 11.3 Å². The van der Waals surface area contributed by atoms with Crippen molar-refractivity contribution in [3.8, 4) is 17.5 Å². The molecule has 1 aliphatic rings. The Kier molecular flexibility index (Phi) is 4.32. The molecular formula is C16H17ClN4O. The van der Waals surface area contributed by atoms with Gasteiger partial charge in [0.2, 0.25) is 17.5 Å². The summed E-state index contributed by atoms with van der Waals surface area (Å²) in [5.41, 5.74) is 1.16. The molecule has 2 aromatic rings. The molecule has 1 aromatic heterocycles. The van der Waals surface area contributed by atoms with Crippen LogP contribution in [0.2, 0.25) is 5.02 Å². The first-order valence-corrected chi connectivity index (χ1v) is 7.65. The van der Waals surface area contributed by atoms with Gasteiger partial charge < -0.3 is 14.2 Å². The second-order valence-electron chi connectivity index (χ2n) is 5.44. The van der Waals surface area contributed by atoms with Crippen LogP contribution < -0.4 is 4.90 Å². The number of nitriles is 1. The fraction of sp³-hybridized carbons (Fsp3) is 0.375. The average Bonchev–Trinajstić information content (AvgIpc) is 2.84. The van der Waals surface area contributed by atoms with Crippen LogP contribution in [0.4, 0.5) is 5.88 Å². The smallest absolute Gasteiger partial charge is 0.235 e. The number of oxazole rings is 1. The number of likely N-dealkylation sites (N-methyl/N-ethyl adjacent to an activating group) is 1. The molecule has 0 saturated carbocycles. The van der Waals surface area contributed by atoms with E-state index in [9.17, 15) is 5.26 Å².